The summed E-state index contributed by atoms with van der Waals surface area (Å²) in [6.07, 6.45) is 8.09. The number of nitrogens with zero attached hydrogens (tertiary/aromatic N) is 2. The van der Waals surface area contributed by atoms with Gasteiger partial charge in [0.25, 0.3) is 5.91 Å². The SMILES string of the molecule is CCCCCCOc1ccc(/C=C(\C#N)C(=O)Nc2nc(-c3ccc(OCCCC)cc3)cs2)cc1OC. The van der Waals surface area contributed by atoms with Crippen molar-refractivity contribution in [1.82, 2.24) is 4.98 Å². The van der Waals surface area contributed by atoms with Crippen molar-refractivity contribution >= 4 is 28.5 Å². The molecule has 0 bridgehead atoms. The molecule has 2 aromatic carbocycles. The summed E-state index contributed by atoms with van der Waals surface area (Å²) in [5.74, 6) is 1.49. The molecule has 0 saturated carbocycles. The predicted molar refractivity (Wildman–Crippen MR) is 153 cm³/mol. The number of thiazole rings is 1. The van der Waals surface area contributed by atoms with E-state index in [-0.39, 0.29) is 5.57 Å². The van der Waals surface area contributed by atoms with E-state index in [9.17, 15) is 10.1 Å². The number of ether oxygens (including phenoxy) is 3. The van der Waals surface area contributed by atoms with Crippen LogP contribution in [-0.2, 0) is 4.79 Å². The number of rotatable bonds is 15. The molecule has 1 heterocycles. The molecule has 0 spiro atoms. The zero-order chi connectivity index (χ0) is 27.2. The molecule has 1 aromatic heterocycles. The normalized spacial score (nSPS) is 11.1. The minimum absolute atomic E-state index is 0.0365. The topological polar surface area (TPSA) is 93.5 Å². The average Bonchev–Trinajstić information content (AvgIpc) is 3.40. The molecular formula is C30H35N3O4S. The van der Waals surface area contributed by atoms with Crippen molar-refractivity contribution < 1.29 is 19.0 Å². The van der Waals surface area contributed by atoms with Gasteiger partial charge in [0, 0.05) is 10.9 Å². The van der Waals surface area contributed by atoms with Crippen LogP contribution in [0.15, 0.2) is 53.4 Å². The quantitative estimate of drug-likeness (QED) is 0.123. The molecule has 0 unspecified atom stereocenters. The third kappa shape index (κ3) is 8.63. The number of unbranched alkanes of at least 4 members (excludes halogenated alkanes) is 4. The Morgan fingerprint density at radius 1 is 1.00 bits per heavy atom. The fourth-order valence-electron chi connectivity index (χ4n) is 3.60. The van der Waals surface area contributed by atoms with Gasteiger partial charge in [-0.1, -0.05) is 45.6 Å². The first-order valence-corrected chi connectivity index (χ1v) is 13.9. The third-order valence-electron chi connectivity index (χ3n) is 5.76. The lowest BCUT2D eigenvalue weighted by atomic mass is 10.1. The summed E-state index contributed by atoms with van der Waals surface area (Å²) in [7, 11) is 1.57. The van der Waals surface area contributed by atoms with Crippen LogP contribution in [0, 0.1) is 11.3 Å². The van der Waals surface area contributed by atoms with E-state index in [0.29, 0.717) is 35.4 Å². The predicted octanol–water partition coefficient (Wildman–Crippen LogP) is 7.50. The molecule has 38 heavy (non-hydrogen) atoms. The Kier molecular flexibility index (Phi) is 11.7. The Balaban J connectivity index is 1.63. The molecule has 8 heteroatoms. The van der Waals surface area contributed by atoms with Crippen molar-refractivity contribution in [3.8, 4) is 34.6 Å². The summed E-state index contributed by atoms with van der Waals surface area (Å²) in [6, 6.07) is 15.0. The molecule has 0 atom stereocenters. The Morgan fingerprint density at radius 2 is 1.76 bits per heavy atom. The lowest BCUT2D eigenvalue weighted by Crippen LogP contribution is -2.13. The van der Waals surface area contributed by atoms with Crippen LogP contribution in [0.2, 0.25) is 0 Å². The molecule has 3 rings (SSSR count). The zero-order valence-electron chi connectivity index (χ0n) is 22.3. The fourth-order valence-corrected chi connectivity index (χ4v) is 4.32. The van der Waals surface area contributed by atoms with Crippen LogP contribution in [-0.4, -0.2) is 31.2 Å². The number of nitrogens with one attached hydrogen (secondary N) is 1. The summed E-state index contributed by atoms with van der Waals surface area (Å²) in [5, 5.41) is 14.6. The summed E-state index contributed by atoms with van der Waals surface area (Å²) in [6.45, 7) is 5.61. The highest BCUT2D eigenvalue weighted by Crippen LogP contribution is 2.30. The second-order valence-corrected chi connectivity index (χ2v) is 9.57. The number of hydrogen-bond acceptors (Lipinski definition) is 7. The highest BCUT2D eigenvalue weighted by molar-refractivity contribution is 7.14. The molecule has 0 aliphatic heterocycles. The first kappa shape index (κ1) is 28.7. The Hall–Kier alpha value is -3.83. The maximum Gasteiger partial charge on any atom is 0.268 e. The minimum Gasteiger partial charge on any atom is -0.494 e. The third-order valence-corrected chi connectivity index (χ3v) is 6.52. The average molecular weight is 534 g/mol. The van der Waals surface area contributed by atoms with Crippen LogP contribution in [0.1, 0.15) is 57.9 Å². The van der Waals surface area contributed by atoms with Gasteiger partial charge in [-0.2, -0.15) is 5.26 Å². The molecule has 0 aliphatic rings. The first-order chi connectivity index (χ1) is 18.6. The molecule has 3 aromatic rings. The van der Waals surface area contributed by atoms with Gasteiger partial charge in [-0.25, -0.2) is 4.98 Å². The van der Waals surface area contributed by atoms with Crippen molar-refractivity contribution in [3.05, 3.63) is 59.0 Å². The summed E-state index contributed by atoms with van der Waals surface area (Å²) in [5.41, 5.74) is 2.28. The molecular weight excluding hydrogens is 498 g/mol. The highest BCUT2D eigenvalue weighted by atomic mass is 32.1. The summed E-state index contributed by atoms with van der Waals surface area (Å²) in [4.78, 5) is 17.3. The molecule has 0 radical (unpaired) electrons. The number of anilines is 1. The number of aromatic nitrogens is 1. The van der Waals surface area contributed by atoms with Crippen molar-refractivity contribution in [2.75, 3.05) is 25.6 Å². The van der Waals surface area contributed by atoms with E-state index in [2.05, 4.69) is 24.1 Å². The maximum atomic E-state index is 12.8. The van der Waals surface area contributed by atoms with E-state index in [0.717, 1.165) is 42.7 Å². The minimum atomic E-state index is -0.525. The van der Waals surface area contributed by atoms with Gasteiger partial charge < -0.3 is 14.2 Å². The lowest BCUT2D eigenvalue weighted by molar-refractivity contribution is -0.112. The van der Waals surface area contributed by atoms with Gasteiger partial charge in [0.1, 0.15) is 17.4 Å². The van der Waals surface area contributed by atoms with Gasteiger partial charge >= 0.3 is 0 Å². The molecule has 0 saturated heterocycles. The zero-order valence-corrected chi connectivity index (χ0v) is 23.1. The van der Waals surface area contributed by atoms with E-state index in [1.807, 2.05) is 35.7 Å². The van der Waals surface area contributed by atoms with E-state index < -0.39 is 5.91 Å². The standard InChI is InChI=1S/C30H35N3O4S/c1-4-6-8-9-17-37-27-15-10-22(19-28(27)35-3)18-24(20-31)29(34)33-30-32-26(21-38-30)23-11-13-25(14-12-23)36-16-7-5-2/h10-15,18-19,21H,4-9,16-17H2,1-3H3,(H,32,33,34)/b24-18+. The van der Waals surface area contributed by atoms with Gasteiger partial charge in [0.2, 0.25) is 0 Å². The number of amides is 1. The smallest absolute Gasteiger partial charge is 0.268 e. The van der Waals surface area contributed by atoms with Crippen LogP contribution in [0.4, 0.5) is 5.13 Å². The van der Waals surface area contributed by atoms with Gasteiger partial charge in [0.05, 0.1) is 26.0 Å². The Bertz CT molecular complexity index is 1250. The van der Waals surface area contributed by atoms with Crippen LogP contribution < -0.4 is 19.5 Å². The Morgan fingerprint density at radius 3 is 2.47 bits per heavy atom. The number of nitriles is 1. The molecule has 1 amide bonds. The molecule has 0 aliphatic carbocycles. The maximum absolute atomic E-state index is 12.8. The lowest BCUT2D eigenvalue weighted by Gasteiger charge is -2.11. The van der Waals surface area contributed by atoms with E-state index in [4.69, 9.17) is 14.2 Å². The van der Waals surface area contributed by atoms with Crippen molar-refractivity contribution in [3.63, 3.8) is 0 Å². The second kappa shape index (κ2) is 15.4. The van der Waals surface area contributed by atoms with Crippen LogP contribution in [0.25, 0.3) is 17.3 Å². The number of carbonyl (C=O) groups is 1. The number of hydrogen-bond donors (Lipinski definition) is 1. The van der Waals surface area contributed by atoms with E-state index in [1.54, 1.807) is 25.3 Å². The molecule has 7 nitrogen and oxygen atoms in total. The van der Waals surface area contributed by atoms with Crippen LogP contribution in [0.3, 0.4) is 0 Å². The van der Waals surface area contributed by atoms with Crippen LogP contribution >= 0.6 is 11.3 Å². The Labute approximate surface area is 229 Å². The number of benzene rings is 2. The monoisotopic (exact) mass is 533 g/mol. The van der Waals surface area contributed by atoms with Crippen molar-refractivity contribution in [1.29, 1.82) is 5.26 Å². The van der Waals surface area contributed by atoms with Gasteiger partial charge in [0.15, 0.2) is 16.6 Å². The molecule has 1 N–H and O–H groups in total. The largest absolute Gasteiger partial charge is 0.494 e. The summed E-state index contributed by atoms with van der Waals surface area (Å²) >= 11 is 1.30. The second-order valence-electron chi connectivity index (χ2n) is 8.71. The summed E-state index contributed by atoms with van der Waals surface area (Å²) < 4.78 is 17.0. The highest BCUT2D eigenvalue weighted by Gasteiger charge is 2.14. The van der Waals surface area contributed by atoms with Crippen LogP contribution in [0.5, 0.6) is 17.2 Å². The fraction of sp³-hybridized carbons (Fsp3) is 0.367. The van der Waals surface area contributed by atoms with E-state index in [1.165, 1.54) is 30.3 Å². The van der Waals surface area contributed by atoms with Crippen molar-refractivity contribution in [2.45, 2.75) is 52.4 Å². The molecule has 200 valence electrons. The van der Waals surface area contributed by atoms with Gasteiger partial charge in [-0.15, -0.1) is 11.3 Å². The number of carbonyl (C=O) groups excluding carboxylic acids is 1. The first-order valence-electron chi connectivity index (χ1n) is 13.0. The van der Waals surface area contributed by atoms with Gasteiger partial charge in [-0.3, -0.25) is 10.1 Å². The van der Waals surface area contributed by atoms with E-state index >= 15 is 0 Å². The number of methoxy groups -OCH3 is 1. The van der Waals surface area contributed by atoms with Crippen molar-refractivity contribution in [2.24, 2.45) is 0 Å². The molecule has 0 fully saturated rings. The van der Waals surface area contributed by atoms with Gasteiger partial charge in [-0.05, 0) is 60.9 Å².